The number of sulfonamides is 1. The molecule has 0 unspecified atom stereocenters. The van der Waals surface area contributed by atoms with E-state index in [1.54, 1.807) is 66.7 Å². The van der Waals surface area contributed by atoms with Crippen LogP contribution in [0.1, 0.15) is 59.2 Å². The van der Waals surface area contributed by atoms with Crippen LogP contribution in [0.5, 0.6) is 0 Å². The number of nitrogens with zero attached hydrogens (tertiary/aromatic N) is 2. The fourth-order valence-corrected chi connectivity index (χ4v) is 7.32. The van der Waals surface area contributed by atoms with E-state index in [-0.39, 0.29) is 30.1 Å². The number of aliphatic carboxylic acids is 1. The number of hydrogen-bond donors (Lipinski definition) is 3. The number of carbonyl (C=O) groups is 3. The summed E-state index contributed by atoms with van der Waals surface area (Å²) in [7, 11) is -4.15. The predicted molar refractivity (Wildman–Crippen MR) is 202 cm³/mol. The van der Waals surface area contributed by atoms with Crippen LogP contribution >= 0.6 is 0 Å². The number of carboxylic acids is 1. The average Bonchev–Trinajstić information content (AvgIpc) is 3.15. The number of urea groups is 1. The van der Waals surface area contributed by atoms with Gasteiger partial charge in [-0.3, -0.25) is 14.5 Å². The van der Waals surface area contributed by atoms with Gasteiger partial charge in [0.05, 0.1) is 23.5 Å². The Kier molecular flexibility index (Phi) is 11.9. The number of carboxylic acid groups (broad SMARTS) is 1. The average molecular weight is 705 g/mol. The van der Waals surface area contributed by atoms with Gasteiger partial charge in [-0.1, -0.05) is 73.8 Å². The molecule has 11 heteroatoms. The van der Waals surface area contributed by atoms with Gasteiger partial charge in [0.15, 0.2) is 0 Å². The molecular formula is C40H40N4O6S. The molecule has 4 aromatic rings. The molecule has 0 aromatic heterocycles. The lowest BCUT2D eigenvalue weighted by Crippen LogP contribution is -2.34. The van der Waals surface area contributed by atoms with Crippen molar-refractivity contribution in [2.24, 2.45) is 0 Å². The number of amides is 3. The second-order valence-corrected chi connectivity index (χ2v) is 13.7. The summed E-state index contributed by atoms with van der Waals surface area (Å²) in [6, 6.07) is 27.1. The smallest absolute Gasteiger partial charge is 0.326 e. The lowest BCUT2D eigenvalue weighted by Gasteiger charge is -2.25. The van der Waals surface area contributed by atoms with Gasteiger partial charge >= 0.3 is 12.0 Å². The standard InChI is InChI=1S/C40H40N4O6S/c1-3-30-19-22-34(27-37(30)51(49,50)44(4-2)36-13-9-6-10-14-36)42-40(48)43(35-23-20-32(21-24-35)31-11-7-5-8-12-31)28-29-15-17-33(18-16-29)39(47)41-26-25-38(45)46/h3-4,6,9-11,13-24,27H,1-2,5,7-8,12,25-26,28H2,(H,41,47)(H,42,48)(H,45,46). The summed E-state index contributed by atoms with van der Waals surface area (Å²) in [5.41, 5.74) is 5.07. The van der Waals surface area contributed by atoms with Crippen molar-refractivity contribution >= 4 is 56.6 Å². The Morgan fingerprint density at radius 2 is 1.59 bits per heavy atom. The first-order chi connectivity index (χ1) is 24.6. The second kappa shape index (κ2) is 16.6. The van der Waals surface area contributed by atoms with Gasteiger partial charge in [-0.25, -0.2) is 17.5 Å². The summed E-state index contributed by atoms with van der Waals surface area (Å²) in [5.74, 6) is -1.41. The van der Waals surface area contributed by atoms with Crippen molar-refractivity contribution < 1.29 is 27.9 Å². The van der Waals surface area contributed by atoms with Crippen LogP contribution in [0.3, 0.4) is 0 Å². The molecule has 3 amide bonds. The third kappa shape index (κ3) is 9.00. The Morgan fingerprint density at radius 1 is 0.863 bits per heavy atom. The molecule has 0 aliphatic heterocycles. The molecule has 3 N–H and O–H groups in total. The van der Waals surface area contributed by atoms with Crippen LogP contribution in [0.2, 0.25) is 0 Å². The van der Waals surface area contributed by atoms with Crippen LogP contribution in [-0.2, 0) is 21.4 Å². The molecule has 0 atom stereocenters. The molecule has 0 saturated heterocycles. The maximum atomic E-state index is 14.1. The van der Waals surface area contributed by atoms with Crippen LogP contribution in [-0.4, -0.2) is 38.0 Å². The van der Waals surface area contributed by atoms with Crippen molar-refractivity contribution in [3.05, 3.63) is 145 Å². The summed E-state index contributed by atoms with van der Waals surface area (Å²) in [6.45, 7) is 7.64. The van der Waals surface area contributed by atoms with E-state index in [9.17, 15) is 22.8 Å². The number of benzene rings is 4. The van der Waals surface area contributed by atoms with E-state index < -0.39 is 27.9 Å². The van der Waals surface area contributed by atoms with Crippen molar-refractivity contribution in [1.82, 2.24) is 5.32 Å². The summed E-state index contributed by atoms with van der Waals surface area (Å²) in [4.78, 5) is 38.9. The summed E-state index contributed by atoms with van der Waals surface area (Å²) in [6.07, 6.45) is 9.08. The number of carbonyl (C=O) groups excluding carboxylic acids is 2. The summed E-state index contributed by atoms with van der Waals surface area (Å²) < 4.78 is 28.9. The van der Waals surface area contributed by atoms with E-state index in [0.717, 1.165) is 34.7 Å². The van der Waals surface area contributed by atoms with Crippen LogP contribution in [0, 0.1) is 0 Å². The van der Waals surface area contributed by atoms with Crippen LogP contribution in [0.4, 0.5) is 21.9 Å². The number of hydrogen-bond acceptors (Lipinski definition) is 5. The minimum Gasteiger partial charge on any atom is -0.481 e. The quantitative estimate of drug-likeness (QED) is 0.122. The van der Waals surface area contributed by atoms with Crippen LogP contribution in [0.25, 0.3) is 11.6 Å². The number of rotatable bonds is 14. The number of allylic oxidation sites excluding steroid dienone is 2. The third-order valence-electron chi connectivity index (χ3n) is 8.47. The number of nitrogens with one attached hydrogen (secondary N) is 2. The first-order valence-electron chi connectivity index (χ1n) is 16.6. The lowest BCUT2D eigenvalue weighted by molar-refractivity contribution is -0.136. The van der Waals surface area contributed by atoms with E-state index >= 15 is 0 Å². The minimum atomic E-state index is -4.15. The molecule has 1 aliphatic carbocycles. The molecule has 0 spiro atoms. The van der Waals surface area contributed by atoms with E-state index in [1.165, 1.54) is 35.2 Å². The van der Waals surface area contributed by atoms with Crippen molar-refractivity contribution in [1.29, 1.82) is 0 Å². The summed E-state index contributed by atoms with van der Waals surface area (Å²) >= 11 is 0. The molecule has 0 saturated carbocycles. The molecule has 10 nitrogen and oxygen atoms in total. The highest BCUT2D eigenvalue weighted by atomic mass is 32.2. The highest BCUT2D eigenvalue weighted by molar-refractivity contribution is 7.93. The van der Waals surface area contributed by atoms with Gasteiger partial charge in [0, 0.05) is 29.7 Å². The van der Waals surface area contributed by atoms with Gasteiger partial charge in [0.1, 0.15) is 0 Å². The normalized spacial score (nSPS) is 12.6. The maximum absolute atomic E-state index is 14.1. The Bertz CT molecular complexity index is 2040. The van der Waals surface area contributed by atoms with Crippen LogP contribution in [0.15, 0.2) is 127 Å². The first-order valence-corrected chi connectivity index (χ1v) is 18.0. The van der Waals surface area contributed by atoms with Gasteiger partial charge in [-0.2, -0.15) is 0 Å². The molecule has 0 radical (unpaired) electrons. The fourth-order valence-electron chi connectivity index (χ4n) is 5.78. The SMILES string of the molecule is C=Cc1ccc(NC(=O)N(Cc2ccc(C(=O)NCCC(=O)O)cc2)c2ccc(C3=CCCCC3)cc2)cc1S(=O)(=O)N(C=C)c1ccccc1. The van der Waals surface area contributed by atoms with E-state index in [2.05, 4.69) is 29.9 Å². The Morgan fingerprint density at radius 3 is 2.22 bits per heavy atom. The third-order valence-corrected chi connectivity index (χ3v) is 10.3. The maximum Gasteiger partial charge on any atom is 0.326 e. The van der Waals surface area contributed by atoms with Crippen molar-refractivity contribution in [2.75, 3.05) is 21.1 Å². The Labute approximate surface area is 298 Å². The van der Waals surface area contributed by atoms with Crippen molar-refractivity contribution in [3.8, 4) is 0 Å². The second-order valence-electron chi connectivity index (χ2n) is 11.9. The molecular weight excluding hydrogens is 665 g/mol. The van der Waals surface area contributed by atoms with Gasteiger partial charge in [-0.05, 0) is 96.5 Å². The fraction of sp³-hybridized carbons (Fsp3) is 0.175. The largest absolute Gasteiger partial charge is 0.481 e. The van der Waals surface area contributed by atoms with Gasteiger partial charge in [0.2, 0.25) is 0 Å². The molecule has 1 aliphatic rings. The summed E-state index contributed by atoms with van der Waals surface area (Å²) in [5, 5.41) is 14.3. The monoisotopic (exact) mass is 704 g/mol. The lowest BCUT2D eigenvalue weighted by atomic mass is 9.93. The van der Waals surface area contributed by atoms with E-state index in [0.29, 0.717) is 22.5 Å². The molecule has 262 valence electrons. The highest BCUT2D eigenvalue weighted by Gasteiger charge is 2.26. The highest BCUT2D eigenvalue weighted by Crippen LogP contribution is 2.31. The molecule has 0 heterocycles. The Balaban J connectivity index is 1.43. The molecule has 0 fully saturated rings. The van der Waals surface area contributed by atoms with Crippen LogP contribution < -0.4 is 19.8 Å². The topological polar surface area (TPSA) is 136 Å². The van der Waals surface area contributed by atoms with E-state index in [1.807, 2.05) is 24.3 Å². The zero-order valence-corrected chi connectivity index (χ0v) is 28.9. The number of para-hydroxylation sites is 1. The Hall–Kier alpha value is -5.94. The molecule has 5 rings (SSSR count). The van der Waals surface area contributed by atoms with E-state index in [4.69, 9.17) is 5.11 Å². The molecule has 4 aromatic carbocycles. The number of anilines is 3. The van der Waals surface area contributed by atoms with Gasteiger partial charge in [0.25, 0.3) is 15.9 Å². The van der Waals surface area contributed by atoms with Gasteiger partial charge in [-0.15, -0.1) is 0 Å². The minimum absolute atomic E-state index is 0.00539. The van der Waals surface area contributed by atoms with Gasteiger partial charge < -0.3 is 15.7 Å². The van der Waals surface area contributed by atoms with Crippen molar-refractivity contribution in [2.45, 2.75) is 43.5 Å². The van der Waals surface area contributed by atoms with Crippen molar-refractivity contribution in [3.63, 3.8) is 0 Å². The molecule has 51 heavy (non-hydrogen) atoms. The molecule has 0 bridgehead atoms. The first kappa shape index (κ1) is 36.3. The zero-order chi connectivity index (χ0) is 36.4. The zero-order valence-electron chi connectivity index (χ0n) is 28.1. The predicted octanol–water partition coefficient (Wildman–Crippen LogP) is 8.07.